The van der Waals surface area contributed by atoms with E-state index in [-0.39, 0.29) is 11.7 Å². The fourth-order valence-electron chi connectivity index (χ4n) is 1.17. The molecule has 0 saturated carbocycles. The van der Waals surface area contributed by atoms with Gasteiger partial charge in [0.1, 0.15) is 0 Å². The Kier molecular flexibility index (Phi) is 4.80. The fourth-order valence-corrected chi connectivity index (χ4v) is 1.30. The fraction of sp³-hybridized carbons (Fsp3) is 0.556. The highest BCUT2D eigenvalue weighted by molar-refractivity contribution is 6.28. The van der Waals surface area contributed by atoms with Crippen molar-refractivity contribution in [2.45, 2.75) is 25.4 Å². The third kappa shape index (κ3) is 5.58. The number of alkyl halides is 3. The van der Waals surface area contributed by atoms with E-state index in [1.165, 1.54) is 6.20 Å². The van der Waals surface area contributed by atoms with Crippen molar-refractivity contribution in [2.75, 3.05) is 17.6 Å². The number of hydrogen-bond acceptors (Lipinski definition) is 4. The van der Waals surface area contributed by atoms with Crippen LogP contribution in [0.5, 0.6) is 0 Å². The second kappa shape index (κ2) is 5.90. The van der Waals surface area contributed by atoms with E-state index in [2.05, 4.69) is 15.3 Å². The van der Waals surface area contributed by atoms with Crippen LogP contribution in [0.25, 0.3) is 0 Å². The Balaban J connectivity index is 2.29. The predicted molar refractivity (Wildman–Crippen MR) is 59.9 cm³/mol. The molecule has 1 heterocycles. The molecule has 0 aromatic carbocycles. The van der Waals surface area contributed by atoms with Gasteiger partial charge in [0.15, 0.2) is 5.82 Å². The van der Waals surface area contributed by atoms with Crippen molar-refractivity contribution in [1.29, 1.82) is 0 Å². The van der Waals surface area contributed by atoms with Crippen LogP contribution in [0.4, 0.5) is 24.7 Å². The van der Waals surface area contributed by atoms with Crippen molar-refractivity contribution < 1.29 is 13.2 Å². The van der Waals surface area contributed by atoms with Crippen LogP contribution in [0.15, 0.2) is 6.20 Å². The number of nitrogen functional groups attached to an aromatic ring is 1. The Hall–Kier alpha value is -1.24. The molecule has 0 radical (unpaired) electrons. The molecule has 0 aliphatic carbocycles. The van der Waals surface area contributed by atoms with E-state index in [1.54, 1.807) is 0 Å². The summed E-state index contributed by atoms with van der Waals surface area (Å²) in [4.78, 5) is 7.47. The van der Waals surface area contributed by atoms with Crippen LogP contribution in [-0.2, 0) is 0 Å². The number of nitrogens with one attached hydrogen (secondary N) is 1. The number of aromatic nitrogens is 2. The zero-order valence-electron chi connectivity index (χ0n) is 8.89. The first-order valence-electron chi connectivity index (χ1n) is 4.97. The first-order valence-corrected chi connectivity index (χ1v) is 5.35. The van der Waals surface area contributed by atoms with E-state index in [1.807, 2.05) is 0 Å². The zero-order valence-corrected chi connectivity index (χ0v) is 9.65. The molecule has 1 aromatic rings. The van der Waals surface area contributed by atoms with Gasteiger partial charge in [-0.05, 0) is 24.4 Å². The van der Waals surface area contributed by atoms with Gasteiger partial charge in [0.2, 0.25) is 5.28 Å². The lowest BCUT2D eigenvalue weighted by Gasteiger charge is -2.08. The SMILES string of the molecule is Nc1cnc(Cl)nc1NCCCCC(F)(F)F. The van der Waals surface area contributed by atoms with Gasteiger partial charge in [-0.1, -0.05) is 0 Å². The first kappa shape index (κ1) is 13.8. The summed E-state index contributed by atoms with van der Waals surface area (Å²) in [5, 5.41) is 2.85. The second-order valence-electron chi connectivity index (χ2n) is 3.44. The van der Waals surface area contributed by atoms with E-state index < -0.39 is 12.6 Å². The van der Waals surface area contributed by atoms with Crippen molar-refractivity contribution in [3.05, 3.63) is 11.5 Å². The van der Waals surface area contributed by atoms with E-state index in [9.17, 15) is 13.2 Å². The smallest absolute Gasteiger partial charge is 0.389 e. The van der Waals surface area contributed by atoms with E-state index >= 15 is 0 Å². The van der Waals surface area contributed by atoms with Gasteiger partial charge in [-0.15, -0.1) is 0 Å². The van der Waals surface area contributed by atoms with E-state index in [0.29, 0.717) is 24.5 Å². The van der Waals surface area contributed by atoms with E-state index in [4.69, 9.17) is 17.3 Å². The van der Waals surface area contributed by atoms with Crippen molar-refractivity contribution in [3.63, 3.8) is 0 Å². The summed E-state index contributed by atoms with van der Waals surface area (Å²) in [6.07, 6.45) is -3.10. The van der Waals surface area contributed by atoms with Gasteiger partial charge < -0.3 is 11.1 Å². The minimum absolute atomic E-state index is 0.0389. The Labute approximate surface area is 101 Å². The number of halogens is 4. The van der Waals surface area contributed by atoms with Crippen molar-refractivity contribution >= 4 is 23.1 Å². The molecule has 0 aliphatic heterocycles. The van der Waals surface area contributed by atoms with Gasteiger partial charge in [-0.25, -0.2) is 4.98 Å². The summed E-state index contributed by atoms with van der Waals surface area (Å²) in [6.45, 7) is 0.355. The molecule has 3 N–H and O–H groups in total. The summed E-state index contributed by atoms with van der Waals surface area (Å²) in [5.74, 6) is 0.344. The molecule has 0 amide bonds. The van der Waals surface area contributed by atoms with Gasteiger partial charge in [-0.2, -0.15) is 18.2 Å². The molecule has 0 atom stereocenters. The third-order valence-corrected chi connectivity index (χ3v) is 2.15. The molecule has 0 saturated heterocycles. The summed E-state index contributed by atoms with van der Waals surface area (Å²) >= 11 is 5.55. The second-order valence-corrected chi connectivity index (χ2v) is 3.78. The van der Waals surface area contributed by atoms with Crippen LogP contribution >= 0.6 is 11.6 Å². The maximum atomic E-state index is 11.8. The summed E-state index contributed by atoms with van der Waals surface area (Å²) in [6, 6.07) is 0. The molecule has 0 unspecified atom stereocenters. The van der Waals surface area contributed by atoms with Gasteiger partial charge in [-0.3, -0.25) is 0 Å². The summed E-state index contributed by atoms with van der Waals surface area (Å²) in [5.41, 5.74) is 5.86. The predicted octanol–water partition coefficient (Wildman–Crippen LogP) is 2.86. The van der Waals surface area contributed by atoms with Gasteiger partial charge in [0, 0.05) is 13.0 Å². The van der Waals surface area contributed by atoms with Crippen LogP contribution in [0.3, 0.4) is 0 Å². The third-order valence-electron chi connectivity index (χ3n) is 1.97. The average Bonchev–Trinajstić information content (AvgIpc) is 2.21. The number of unbranched alkanes of at least 4 members (excludes halogenated alkanes) is 1. The molecule has 0 aliphatic rings. The Bertz CT molecular complexity index is 370. The Morgan fingerprint density at radius 3 is 2.71 bits per heavy atom. The topological polar surface area (TPSA) is 63.8 Å². The van der Waals surface area contributed by atoms with Crippen LogP contribution < -0.4 is 11.1 Å². The van der Waals surface area contributed by atoms with Gasteiger partial charge >= 0.3 is 6.18 Å². The highest BCUT2D eigenvalue weighted by Crippen LogP contribution is 2.22. The minimum Gasteiger partial charge on any atom is -0.394 e. The lowest BCUT2D eigenvalue weighted by Crippen LogP contribution is -2.10. The van der Waals surface area contributed by atoms with Crippen molar-refractivity contribution in [1.82, 2.24) is 9.97 Å². The molecule has 8 heteroatoms. The lowest BCUT2D eigenvalue weighted by atomic mass is 10.2. The maximum Gasteiger partial charge on any atom is 0.389 e. The number of rotatable bonds is 5. The molecule has 0 spiro atoms. The average molecular weight is 269 g/mol. The lowest BCUT2D eigenvalue weighted by molar-refractivity contribution is -0.135. The summed E-state index contributed by atoms with van der Waals surface area (Å²) < 4.78 is 35.5. The largest absolute Gasteiger partial charge is 0.394 e. The Morgan fingerprint density at radius 1 is 1.35 bits per heavy atom. The summed E-state index contributed by atoms with van der Waals surface area (Å²) in [7, 11) is 0. The van der Waals surface area contributed by atoms with Gasteiger partial charge in [0.25, 0.3) is 0 Å². The van der Waals surface area contributed by atoms with Crippen LogP contribution in [-0.4, -0.2) is 22.7 Å². The van der Waals surface area contributed by atoms with Crippen LogP contribution in [0.2, 0.25) is 5.28 Å². The molecular formula is C9H12ClF3N4. The molecule has 96 valence electrons. The quantitative estimate of drug-likeness (QED) is 0.637. The normalized spacial score (nSPS) is 11.5. The zero-order chi connectivity index (χ0) is 12.9. The molecule has 1 aromatic heterocycles. The minimum atomic E-state index is -4.10. The van der Waals surface area contributed by atoms with Crippen LogP contribution in [0, 0.1) is 0 Å². The van der Waals surface area contributed by atoms with Crippen molar-refractivity contribution in [2.24, 2.45) is 0 Å². The highest BCUT2D eigenvalue weighted by Gasteiger charge is 2.25. The first-order chi connectivity index (χ1) is 7.88. The van der Waals surface area contributed by atoms with Crippen LogP contribution in [0.1, 0.15) is 19.3 Å². The number of hydrogen-bond donors (Lipinski definition) is 2. The monoisotopic (exact) mass is 268 g/mol. The van der Waals surface area contributed by atoms with Crippen molar-refractivity contribution in [3.8, 4) is 0 Å². The molecule has 17 heavy (non-hydrogen) atoms. The maximum absolute atomic E-state index is 11.8. The molecular weight excluding hydrogens is 257 g/mol. The molecule has 4 nitrogen and oxygen atoms in total. The van der Waals surface area contributed by atoms with Gasteiger partial charge in [0.05, 0.1) is 11.9 Å². The molecule has 0 fully saturated rings. The Morgan fingerprint density at radius 2 is 2.06 bits per heavy atom. The number of anilines is 2. The number of nitrogens with two attached hydrogens (primary N) is 1. The standard InChI is InChI=1S/C9H12ClF3N4/c10-8-16-5-6(14)7(17-8)15-4-2-1-3-9(11,12)13/h5H,1-4,14H2,(H,15,16,17). The van der Waals surface area contributed by atoms with E-state index in [0.717, 1.165) is 0 Å². The molecule has 1 rings (SSSR count). The molecule has 0 bridgehead atoms. The number of nitrogens with zero attached hydrogens (tertiary/aromatic N) is 2. The highest BCUT2D eigenvalue weighted by atomic mass is 35.5.